The lowest BCUT2D eigenvalue weighted by molar-refractivity contribution is -0.148. The number of amides is 2. The molecule has 0 spiro atoms. The maximum Gasteiger partial charge on any atom is 0.228 e. The summed E-state index contributed by atoms with van der Waals surface area (Å²) >= 11 is 0. The van der Waals surface area contributed by atoms with Gasteiger partial charge in [-0.2, -0.15) is 0 Å². The molecule has 0 aromatic heterocycles. The molecule has 3 rings (SSSR count). The largest absolute Gasteiger partial charge is 0.383 e. The van der Waals surface area contributed by atoms with Gasteiger partial charge in [-0.15, -0.1) is 0 Å². The number of piperidine rings is 1. The quantitative estimate of drug-likeness (QED) is 0.825. The molecule has 25 heavy (non-hydrogen) atoms. The maximum absolute atomic E-state index is 13.2. The van der Waals surface area contributed by atoms with Crippen molar-refractivity contribution in [2.75, 3.05) is 33.4 Å². The molecule has 1 aromatic rings. The summed E-state index contributed by atoms with van der Waals surface area (Å²) in [4.78, 5) is 29.7. The smallest absolute Gasteiger partial charge is 0.228 e. The van der Waals surface area contributed by atoms with Crippen molar-refractivity contribution in [3.63, 3.8) is 0 Å². The Morgan fingerprint density at radius 3 is 2.64 bits per heavy atom. The molecule has 0 unspecified atom stereocenters. The van der Waals surface area contributed by atoms with Crippen LogP contribution in [0.5, 0.6) is 0 Å². The Kier molecular flexibility index (Phi) is 5.74. The number of ether oxygens (including phenoxy) is 1. The average Bonchev–Trinajstić information content (AvgIpc) is 3.15. The van der Waals surface area contributed by atoms with Gasteiger partial charge in [0, 0.05) is 33.2 Å². The maximum atomic E-state index is 13.2. The lowest BCUT2D eigenvalue weighted by Crippen LogP contribution is -2.49. The molecule has 5 heteroatoms. The second-order valence-corrected chi connectivity index (χ2v) is 7.06. The van der Waals surface area contributed by atoms with Crippen LogP contribution in [0.15, 0.2) is 24.3 Å². The normalized spacial score (nSPS) is 24.0. The first-order valence-corrected chi connectivity index (χ1v) is 9.26. The first-order valence-electron chi connectivity index (χ1n) is 9.26. The summed E-state index contributed by atoms with van der Waals surface area (Å²) in [6, 6.07) is 7.92. The van der Waals surface area contributed by atoms with E-state index in [4.69, 9.17) is 4.74 Å². The molecule has 2 aliphatic rings. The predicted molar refractivity (Wildman–Crippen MR) is 96.0 cm³/mol. The van der Waals surface area contributed by atoms with E-state index in [-0.39, 0.29) is 23.8 Å². The van der Waals surface area contributed by atoms with Gasteiger partial charge in [0.05, 0.1) is 18.6 Å². The first kappa shape index (κ1) is 17.9. The molecular weight excluding hydrogens is 316 g/mol. The van der Waals surface area contributed by atoms with E-state index >= 15 is 0 Å². The van der Waals surface area contributed by atoms with Crippen LogP contribution in [-0.2, 0) is 14.3 Å². The van der Waals surface area contributed by atoms with E-state index in [1.807, 2.05) is 21.9 Å². The van der Waals surface area contributed by atoms with Crippen molar-refractivity contribution in [1.82, 2.24) is 9.80 Å². The Morgan fingerprint density at radius 1 is 1.24 bits per heavy atom. The fraction of sp³-hybridized carbons (Fsp3) is 0.600. The van der Waals surface area contributed by atoms with Gasteiger partial charge in [0.2, 0.25) is 11.8 Å². The van der Waals surface area contributed by atoms with Crippen LogP contribution < -0.4 is 0 Å². The van der Waals surface area contributed by atoms with E-state index in [0.717, 1.165) is 37.1 Å². The van der Waals surface area contributed by atoms with E-state index in [1.165, 1.54) is 0 Å². The molecule has 5 nitrogen and oxygen atoms in total. The second kappa shape index (κ2) is 8.00. The van der Waals surface area contributed by atoms with Crippen molar-refractivity contribution in [3.05, 3.63) is 35.4 Å². The predicted octanol–water partition coefficient (Wildman–Crippen LogP) is 2.54. The van der Waals surface area contributed by atoms with Gasteiger partial charge in [-0.25, -0.2) is 0 Å². The van der Waals surface area contributed by atoms with Gasteiger partial charge in [0.25, 0.3) is 0 Å². The molecule has 2 aliphatic heterocycles. The van der Waals surface area contributed by atoms with E-state index in [9.17, 15) is 9.59 Å². The van der Waals surface area contributed by atoms with Gasteiger partial charge >= 0.3 is 0 Å². The van der Waals surface area contributed by atoms with Crippen LogP contribution >= 0.6 is 0 Å². The number of hydrogen-bond donors (Lipinski definition) is 0. The van der Waals surface area contributed by atoms with E-state index in [1.54, 1.807) is 7.11 Å². The average molecular weight is 344 g/mol. The van der Waals surface area contributed by atoms with Gasteiger partial charge in [0.15, 0.2) is 0 Å². The Morgan fingerprint density at radius 2 is 1.96 bits per heavy atom. The molecule has 1 aromatic carbocycles. The van der Waals surface area contributed by atoms with Crippen molar-refractivity contribution in [2.24, 2.45) is 5.92 Å². The molecular formula is C20H28N2O3. The summed E-state index contributed by atoms with van der Waals surface area (Å²) in [5.74, 6) is 0.171. The molecule has 0 bridgehead atoms. The van der Waals surface area contributed by atoms with Gasteiger partial charge in [-0.1, -0.05) is 24.3 Å². The van der Waals surface area contributed by atoms with Crippen LogP contribution in [0.2, 0.25) is 0 Å². The molecule has 0 N–H and O–H groups in total. The minimum absolute atomic E-state index is 0.121. The molecule has 0 radical (unpaired) electrons. The summed E-state index contributed by atoms with van der Waals surface area (Å²) < 4.78 is 5.21. The zero-order valence-corrected chi connectivity index (χ0v) is 15.2. The SMILES string of the molecule is COCCN1C(=O)CC[C@@H](C(=O)N2CCCC2)[C@@H]1c1ccccc1C. The van der Waals surface area contributed by atoms with Crippen LogP contribution in [-0.4, -0.2) is 55.0 Å². The number of benzene rings is 1. The molecule has 0 aliphatic carbocycles. The third kappa shape index (κ3) is 3.71. The highest BCUT2D eigenvalue weighted by Crippen LogP contribution is 2.39. The first-order chi connectivity index (χ1) is 12.1. The summed E-state index contributed by atoms with van der Waals surface area (Å²) in [7, 11) is 1.64. The Bertz CT molecular complexity index is 625. The minimum atomic E-state index is -0.189. The Labute approximate surface area is 149 Å². The number of rotatable bonds is 5. The van der Waals surface area contributed by atoms with Crippen molar-refractivity contribution >= 4 is 11.8 Å². The fourth-order valence-corrected chi connectivity index (χ4v) is 4.14. The van der Waals surface area contributed by atoms with Gasteiger partial charge in [-0.3, -0.25) is 9.59 Å². The highest BCUT2D eigenvalue weighted by atomic mass is 16.5. The summed E-state index contributed by atoms with van der Waals surface area (Å²) in [6.45, 7) is 4.76. The number of hydrogen-bond acceptors (Lipinski definition) is 3. The van der Waals surface area contributed by atoms with E-state index < -0.39 is 0 Å². The van der Waals surface area contributed by atoms with Crippen LogP contribution in [0.1, 0.15) is 42.9 Å². The van der Waals surface area contributed by atoms with Crippen LogP contribution in [0.3, 0.4) is 0 Å². The summed E-state index contributed by atoms with van der Waals surface area (Å²) in [5.41, 5.74) is 2.22. The zero-order valence-electron chi connectivity index (χ0n) is 15.2. The second-order valence-electron chi connectivity index (χ2n) is 7.06. The number of methoxy groups -OCH3 is 1. The monoisotopic (exact) mass is 344 g/mol. The van der Waals surface area contributed by atoms with Gasteiger partial charge in [-0.05, 0) is 37.3 Å². The third-order valence-electron chi connectivity index (χ3n) is 5.48. The standard InChI is InChI=1S/C20H28N2O3/c1-15-7-3-4-8-16(15)19-17(20(24)21-11-5-6-12-21)9-10-18(23)22(19)13-14-25-2/h3-4,7-8,17,19H,5-6,9-14H2,1-2H3/t17-,19+/m1/s1. The Hall–Kier alpha value is -1.88. The van der Waals surface area contributed by atoms with Crippen LogP contribution in [0.25, 0.3) is 0 Å². The van der Waals surface area contributed by atoms with Crippen molar-refractivity contribution in [2.45, 2.75) is 38.6 Å². The molecule has 2 fully saturated rings. The highest BCUT2D eigenvalue weighted by Gasteiger charge is 2.42. The van der Waals surface area contributed by atoms with Crippen molar-refractivity contribution < 1.29 is 14.3 Å². The summed E-state index contributed by atoms with van der Waals surface area (Å²) in [6.07, 6.45) is 3.24. The lowest BCUT2D eigenvalue weighted by Gasteiger charge is -2.42. The minimum Gasteiger partial charge on any atom is -0.383 e. The van der Waals surface area contributed by atoms with E-state index in [2.05, 4.69) is 19.1 Å². The van der Waals surface area contributed by atoms with E-state index in [0.29, 0.717) is 26.0 Å². The summed E-state index contributed by atoms with van der Waals surface area (Å²) in [5, 5.41) is 0. The topological polar surface area (TPSA) is 49.9 Å². The van der Waals surface area contributed by atoms with Crippen LogP contribution in [0, 0.1) is 12.8 Å². The van der Waals surface area contributed by atoms with Gasteiger partial charge in [0.1, 0.15) is 0 Å². The van der Waals surface area contributed by atoms with Crippen molar-refractivity contribution in [1.29, 1.82) is 0 Å². The number of carbonyl (C=O) groups excluding carboxylic acids is 2. The van der Waals surface area contributed by atoms with Crippen LogP contribution in [0.4, 0.5) is 0 Å². The highest BCUT2D eigenvalue weighted by molar-refractivity contribution is 5.85. The molecule has 2 amide bonds. The molecule has 2 saturated heterocycles. The Balaban J connectivity index is 1.95. The lowest BCUT2D eigenvalue weighted by atomic mass is 9.81. The third-order valence-corrected chi connectivity index (χ3v) is 5.48. The molecule has 0 saturated carbocycles. The molecule has 2 heterocycles. The number of aryl methyl sites for hydroxylation is 1. The number of likely N-dealkylation sites (tertiary alicyclic amines) is 2. The number of nitrogens with zero attached hydrogens (tertiary/aromatic N) is 2. The molecule has 136 valence electrons. The zero-order chi connectivity index (χ0) is 17.8. The molecule has 2 atom stereocenters. The fourth-order valence-electron chi connectivity index (χ4n) is 4.14. The number of carbonyl (C=O) groups is 2. The van der Waals surface area contributed by atoms with Gasteiger partial charge < -0.3 is 14.5 Å². The van der Waals surface area contributed by atoms with Crippen molar-refractivity contribution in [3.8, 4) is 0 Å².